The number of nitrogens with two attached hydrogens (primary N) is 1. The van der Waals surface area contributed by atoms with Crippen LogP contribution in [-0.2, 0) is 0 Å². The third-order valence-electron chi connectivity index (χ3n) is 3.41. The van der Waals surface area contributed by atoms with E-state index in [0.29, 0.717) is 11.5 Å². The summed E-state index contributed by atoms with van der Waals surface area (Å²) in [6, 6.07) is 13.9. The van der Waals surface area contributed by atoms with Gasteiger partial charge in [0.2, 0.25) is 0 Å². The number of rotatable bonds is 4. The Balaban J connectivity index is 1.90. The second-order valence-electron chi connectivity index (χ2n) is 4.80. The second-order valence-corrected chi connectivity index (χ2v) is 4.80. The van der Waals surface area contributed by atoms with E-state index in [1.165, 1.54) is 18.5 Å². The van der Waals surface area contributed by atoms with Crippen molar-refractivity contribution in [1.82, 2.24) is 4.98 Å². The van der Waals surface area contributed by atoms with Crippen LogP contribution in [0.15, 0.2) is 70.6 Å². The van der Waals surface area contributed by atoms with E-state index in [0.717, 1.165) is 16.7 Å². The van der Waals surface area contributed by atoms with Gasteiger partial charge in [0.1, 0.15) is 0 Å². The highest BCUT2D eigenvalue weighted by Crippen LogP contribution is 2.20. The van der Waals surface area contributed by atoms with E-state index in [9.17, 15) is 4.79 Å². The number of aromatic nitrogens is 1. The zero-order chi connectivity index (χ0) is 16.2. The van der Waals surface area contributed by atoms with Crippen LogP contribution in [0, 0.1) is 0 Å². The fourth-order valence-electron chi connectivity index (χ4n) is 2.24. The summed E-state index contributed by atoms with van der Waals surface area (Å²) >= 11 is 0. The number of hydrogen-bond acceptors (Lipinski definition) is 5. The molecule has 0 spiro atoms. The van der Waals surface area contributed by atoms with Crippen LogP contribution in [0.1, 0.15) is 21.5 Å². The van der Waals surface area contributed by atoms with Gasteiger partial charge in [-0.15, -0.1) is 0 Å². The number of hydrazone groups is 1. The van der Waals surface area contributed by atoms with E-state index in [2.05, 4.69) is 10.1 Å². The van der Waals surface area contributed by atoms with E-state index in [1.54, 1.807) is 18.3 Å². The minimum atomic E-state index is -0.973. The van der Waals surface area contributed by atoms with Crippen LogP contribution in [0.25, 0.3) is 11.3 Å². The zero-order valence-electron chi connectivity index (χ0n) is 12.0. The largest absolute Gasteiger partial charge is 0.478 e. The van der Waals surface area contributed by atoms with Crippen molar-refractivity contribution in [3.05, 3.63) is 77.8 Å². The first kappa shape index (κ1) is 14.5. The molecule has 0 radical (unpaired) electrons. The minimum Gasteiger partial charge on any atom is -0.478 e. The quantitative estimate of drug-likeness (QED) is 0.438. The number of hydrogen-bond donors (Lipinski definition) is 2. The SMILES string of the molecule is N/N=C(\c1ccc(C(=O)O)cc1)c1ccc(-c2cnco2)cc1. The zero-order valence-corrected chi connectivity index (χ0v) is 12.0. The lowest BCUT2D eigenvalue weighted by Crippen LogP contribution is -2.07. The summed E-state index contributed by atoms with van der Waals surface area (Å²) < 4.78 is 5.24. The molecule has 3 aromatic rings. The van der Waals surface area contributed by atoms with Gasteiger partial charge >= 0.3 is 5.97 Å². The third kappa shape index (κ3) is 2.96. The lowest BCUT2D eigenvalue weighted by molar-refractivity contribution is 0.0697. The fourth-order valence-corrected chi connectivity index (χ4v) is 2.24. The van der Waals surface area contributed by atoms with Gasteiger partial charge in [-0.2, -0.15) is 5.10 Å². The van der Waals surface area contributed by atoms with Crippen LogP contribution in [0.5, 0.6) is 0 Å². The van der Waals surface area contributed by atoms with Crippen molar-refractivity contribution in [1.29, 1.82) is 0 Å². The molecule has 3 rings (SSSR count). The van der Waals surface area contributed by atoms with Gasteiger partial charge in [-0.05, 0) is 12.1 Å². The molecule has 23 heavy (non-hydrogen) atoms. The molecule has 6 nitrogen and oxygen atoms in total. The van der Waals surface area contributed by atoms with Gasteiger partial charge in [-0.3, -0.25) is 0 Å². The summed E-state index contributed by atoms with van der Waals surface area (Å²) in [7, 11) is 0. The number of carboxylic acid groups (broad SMARTS) is 1. The summed E-state index contributed by atoms with van der Waals surface area (Å²) in [5, 5.41) is 12.8. The lowest BCUT2D eigenvalue weighted by Gasteiger charge is -2.07. The molecule has 0 saturated heterocycles. The van der Waals surface area contributed by atoms with Gasteiger partial charge < -0.3 is 15.4 Å². The molecule has 1 heterocycles. The first-order chi connectivity index (χ1) is 11.2. The summed E-state index contributed by atoms with van der Waals surface area (Å²) in [6.45, 7) is 0. The molecule has 114 valence electrons. The minimum absolute atomic E-state index is 0.214. The highest BCUT2D eigenvalue weighted by molar-refractivity contribution is 6.13. The van der Waals surface area contributed by atoms with Gasteiger partial charge in [0, 0.05) is 16.7 Å². The van der Waals surface area contributed by atoms with Crippen LogP contribution >= 0.6 is 0 Å². The maximum atomic E-state index is 10.9. The Morgan fingerprint density at radius 1 is 1.00 bits per heavy atom. The van der Waals surface area contributed by atoms with Crippen LogP contribution < -0.4 is 5.84 Å². The first-order valence-electron chi connectivity index (χ1n) is 6.80. The third-order valence-corrected chi connectivity index (χ3v) is 3.41. The molecule has 0 amide bonds. The maximum Gasteiger partial charge on any atom is 0.335 e. The first-order valence-corrected chi connectivity index (χ1v) is 6.80. The number of nitrogens with zero attached hydrogens (tertiary/aromatic N) is 2. The number of carboxylic acids is 1. The van der Waals surface area contributed by atoms with Gasteiger partial charge in [0.15, 0.2) is 12.2 Å². The van der Waals surface area contributed by atoms with Gasteiger partial charge in [-0.1, -0.05) is 36.4 Å². The summed E-state index contributed by atoms with van der Waals surface area (Å²) in [5.41, 5.74) is 3.24. The van der Waals surface area contributed by atoms with Crippen molar-refractivity contribution in [2.45, 2.75) is 0 Å². The predicted octanol–water partition coefficient (Wildman–Crippen LogP) is 2.75. The molecule has 0 bridgehead atoms. The number of benzene rings is 2. The summed E-state index contributed by atoms with van der Waals surface area (Å²) in [5.74, 6) is 5.21. The van der Waals surface area contributed by atoms with Crippen molar-refractivity contribution in [2.24, 2.45) is 10.9 Å². The van der Waals surface area contributed by atoms with Crippen molar-refractivity contribution >= 4 is 11.7 Å². The molecule has 0 saturated carbocycles. The number of aromatic carboxylic acids is 1. The van der Waals surface area contributed by atoms with Crippen LogP contribution in [0.3, 0.4) is 0 Å². The molecule has 0 atom stereocenters. The van der Waals surface area contributed by atoms with Crippen molar-refractivity contribution in [2.75, 3.05) is 0 Å². The van der Waals surface area contributed by atoms with E-state index in [1.807, 2.05) is 24.3 Å². The molecule has 1 aromatic heterocycles. The Bertz CT molecular complexity index is 836. The molecular weight excluding hydrogens is 294 g/mol. The molecule has 0 aliphatic rings. The second kappa shape index (κ2) is 6.15. The highest BCUT2D eigenvalue weighted by atomic mass is 16.4. The molecule has 2 aromatic carbocycles. The van der Waals surface area contributed by atoms with Crippen LogP contribution in [-0.4, -0.2) is 21.8 Å². The monoisotopic (exact) mass is 307 g/mol. The Morgan fingerprint density at radius 3 is 2.04 bits per heavy atom. The fraction of sp³-hybridized carbons (Fsp3) is 0. The van der Waals surface area contributed by atoms with E-state index >= 15 is 0 Å². The smallest absolute Gasteiger partial charge is 0.335 e. The Labute approximate surface area is 131 Å². The summed E-state index contributed by atoms with van der Waals surface area (Å²) in [6.07, 6.45) is 3.01. The topological polar surface area (TPSA) is 102 Å². The Hall–Kier alpha value is -3.41. The average Bonchev–Trinajstić information content (AvgIpc) is 3.11. The van der Waals surface area contributed by atoms with Crippen molar-refractivity contribution < 1.29 is 14.3 Å². The predicted molar refractivity (Wildman–Crippen MR) is 85.2 cm³/mol. The molecule has 0 aliphatic heterocycles. The molecule has 0 unspecified atom stereocenters. The molecule has 0 aliphatic carbocycles. The molecule has 6 heteroatoms. The lowest BCUT2D eigenvalue weighted by atomic mass is 9.99. The Kier molecular flexibility index (Phi) is 3.88. The highest BCUT2D eigenvalue weighted by Gasteiger charge is 2.10. The van der Waals surface area contributed by atoms with E-state index < -0.39 is 5.97 Å². The van der Waals surface area contributed by atoms with Gasteiger partial charge in [-0.25, -0.2) is 9.78 Å². The number of oxazole rings is 1. The maximum absolute atomic E-state index is 10.9. The normalized spacial score (nSPS) is 11.4. The molecule has 3 N–H and O–H groups in total. The summed E-state index contributed by atoms with van der Waals surface area (Å²) in [4.78, 5) is 14.8. The molecule has 0 fully saturated rings. The van der Waals surface area contributed by atoms with Gasteiger partial charge in [0.05, 0.1) is 17.5 Å². The van der Waals surface area contributed by atoms with Gasteiger partial charge in [0.25, 0.3) is 0 Å². The van der Waals surface area contributed by atoms with Crippen LogP contribution in [0.4, 0.5) is 0 Å². The Morgan fingerprint density at radius 2 is 1.57 bits per heavy atom. The van der Waals surface area contributed by atoms with Crippen molar-refractivity contribution in [3.8, 4) is 11.3 Å². The van der Waals surface area contributed by atoms with E-state index in [4.69, 9.17) is 15.4 Å². The van der Waals surface area contributed by atoms with Crippen LogP contribution in [0.2, 0.25) is 0 Å². The van der Waals surface area contributed by atoms with Crippen molar-refractivity contribution in [3.63, 3.8) is 0 Å². The number of carbonyl (C=O) groups is 1. The van der Waals surface area contributed by atoms with E-state index in [-0.39, 0.29) is 5.56 Å². The average molecular weight is 307 g/mol. The molecular formula is C17H13N3O3. The standard InChI is InChI=1S/C17H13N3O3/c18-20-16(13-5-7-14(8-6-13)17(21)22)12-3-1-11(2-4-12)15-9-19-10-23-15/h1-10H,18H2,(H,21,22)/b20-16-.